The van der Waals surface area contributed by atoms with E-state index in [0.29, 0.717) is 6.54 Å². The third-order valence-corrected chi connectivity index (χ3v) is 3.05. The molecule has 1 atom stereocenters. The van der Waals surface area contributed by atoms with Crippen LogP contribution in [-0.2, 0) is 9.59 Å². The van der Waals surface area contributed by atoms with Gasteiger partial charge in [-0.25, -0.2) is 9.59 Å². The van der Waals surface area contributed by atoms with E-state index >= 15 is 0 Å². The summed E-state index contributed by atoms with van der Waals surface area (Å²) < 4.78 is 0. The maximum atomic E-state index is 11.6. The van der Waals surface area contributed by atoms with Crippen molar-refractivity contribution >= 4 is 17.9 Å². The minimum atomic E-state index is -1.07. The number of carboxylic acids is 1. The largest absolute Gasteiger partial charge is 0.480 e. The zero-order valence-electron chi connectivity index (χ0n) is 12.2. The highest BCUT2D eigenvalue weighted by atomic mass is 16.4. The van der Waals surface area contributed by atoms with Crippen LogP contribution in [0.15, 0.2) is 0 Å². The number of amides is 3. The first kappa shape index (κ1) is 16.3. The molecule has 0 aromatic carbocycles. The zero-order chi connectivity index (χ0) is 15.3. The first-order chi connectivity index (χ1) is 9.21. The molecule has 1 rings (SSSR count). The van der Waals surface area contributed by atoms with Gasteiger partial charge in [-0.3, -0.25) is 4.79 Å². The lowest BCUT2D eigenvalue weighted by Gasteiger charge is -2.27. The van der Waals surface area contributed by atoms with E-state index in [1.807, 2.05) is 0 Å². The van der Waals surface area contributed by atoms with Crippen LogP contribution < -0.4 is 16.0 Å². The average Bonchev–Trinajstić information content (AvgIpc) is 3.13. The van der Waals surface area contributed by atoms with E-state index in [2.05, 4.69) is 16.0 Å². The molecule has 0 spiro atoms. The third-order valence-electron chi connectivity index (χ3n) is 3.05. The van der Waals surface area contributed by atoms with Crippen molar-refractivity contribution in [1.82, 2.24) is 16.0 Å². The smallest absolute Gasteiger partial charge is 0.326 e. The molecular weight excluding hydrogens is 262 g/mol. The Hall–Kier alpha value is -1.79. The van der Waals surface area contributed by atoms with Crippen LogP contribution in [0.5, 0.6) is 0 Å². The number of urea groups is 1. The lowest BCUT2D eigenvalue weighted by molar-refractivity contribution is -0.141. The lowest BCUT2D eigenvalue weighted by Crippen LogP contribution is -2.53. The van der Waals surface area contributed by atoms with Gasteiger partial charge in [0.2, 0.25) is 5.91 Å². The maximum Gasteiger partial charge on any atom is 0.326 e. The number of hydrogen-bond donors (Lipinski definition) is 4. The third kappa shape index (κ3) is 5.46. The van der Waals surface area contributed by atoms with Crippen molar-refractivity contribution in [2.45, 2.75) is 39.7 Å². The number of aliphatic carboxylic acids is 1. The van der Waals surface area contributed by atoms with Crippen molar-refractivity contribution in [2.24, 2.45) is 11.3 Å². The predicted molar refractivity (Wildman–Crippen MR) is 73.1 cm³/mol. The molecule has 114 valence electrons. The molecule has 0 radical (unpaired) electrons. The molecule has 0 heterocycles. The molecule has 0 aromatic heterocycles. The summed E-state index contributed by atoms with van der Waals surface area (Å²) in [6, 6.07) is -1.52. The van der Waals surface area contributed by atoms with E-state index < -0.39 is 23.5 Å². The van der Waals surface area contributed by atoms with Crippen LogP contribution in [0.2, 0.25) is 0 Å². The molecule has 0 unspecified atom stereocenters. The van der Waals surface area contributed by atoms with E-state index in [-0.39, 0.29) is 18.4 Å². The SMILES string of the molecule is CC(C)(C)[C@H](NC(=O)NCCNC(=O)C1CC1)C(=O)O. The average molecular weight is 285 g/mol. The van der Waals surface area contributed by atoms with E-state index in [1.165, 1.54) is 0 Å². The molecule has 3 amide bonds. The number of nitrogens with one attached hydrogen (secondary N) is 3. The molecule has 1 aliphatic rings. The summed E-state index contributed by atoms with van der Waals surface area (Å²) in [6.07, 6.45) is 1.87. The number of hydrogen-bond acceptors (Lipinski definition) is 3. The quantitative estimate of drug-likeness (QED) is 0.527. The molecule has 1 saturated carbocycles. The lowest BCUT2D eigenvalue weighted by atomic mass is 9.87. The molecule has 0 aliphatic heterocycles. The van der Waals surface area contributed by atoms with Crippen molar-refractivity contribution in [3.8, 4) is 0 Å². The van der Waals surface area contributed by atoms with Crippen LogP contribution in [0.4, 0.5) is 4.79 Å². The second kappa shape index (κ2) is 6.58. The van der Waals surface area contributed by atoms with Crippen LogP contribution in [0, 0.1) is 11.3 Å². The fraction of sp³-hybridized carbons (Fsp3) is 0.769. The van der Waals surface area contributed by atoms with Gasteiger partial charge in [0.15, 0.2) is 0 Å². The van der Waals surface area contributed by atoms with Gasteiger partial charge < -0.3 is 21.1 Å². The number of carbonyl (C=O) groups is 3. The second-order valence-corrected chi connectivity index (χ2v) is 6.10. The van der Waals surface area contributed by atoms with Crippen molar-refractivity contribution in [3.63, 3.8) is 0 Å². The summed E-state index contributed by atoms with van der Waals surface area (Å²) >= 11 is 0. The van der Waals surface area contributed by atoms with E-state index in [1.54, 1.807) is 20.8 Å². The Morgan fingerprint density at radius 2 is 1.70 bits per heavy atom. The number of rotatable bonds is 6. The molecule has 0 saturated heterocycles. The fourth-order valence-corrected chi connectivity index (χ4v) is 1.68. The zero-order valence-corrected chi connectivity index (χ0v) is 12.2. The van der Waals surface area contributed by atoms with Gasteiger partial charge in [0, 0.05) is 19.0 Å². The van der Waals surface area contributed by atoms with Crippen LogP contribution >= 0.6 is 0 Å². The number of carboxylic acid groups (broad SMARTS) is 1. The first-order valence-electron chi connectivity index (χ1n) is 6.76. The molecule has 1 aliphatic carbocycles. The molecule has 20 heavy (non-hydrogen) atoms. The van der Waals surface area contributed by atoms with Crippen LogP contribution in [-0.4, -0.2) is 42.1 Å². The summed E-state index contributed by atoms with van der Waals surface area (Å²) in [7, 11) is 0. The highest BCUT2D eigenvalue weighted by Crippen LogP contribution is 2.28. The topological polar surface area (TPSA) is 108 Å². The van der Waals surface area contributed by atoms with E-state index in [4.69, 9.17) is 5.11 Å². The summed E-state index contributed by atoms with van der Waals surface area (Å²) in [5.41, 5.74) is -0.580. The standard InChI is InChI=1S/C13H23N3O4/c1-13(2,3)9(11(18)19)16-12(20)15-7-6-14-10(17)8-4-5-8/h8-9H,4-7H2,1-3H3,(H,14,17)(H,18,19)(H2,15,16,20)/t9-/m1/s1. The van der Waals surface area contributed by atoms with Crippen molar-refractivity contribution in [1.29, 1.82) is 0 Å². The van der Waals surface area contributed by atoms with Crippen LogP contribution in [0.3, 0.4) is 0 Å². The fourth-order valence-electron chi connectivity index (χ4n) is 1.68. The Balaban J connectivity index is 2.24. The highest BCUT2D eigenvalue weighted by molar-refractivity contribution is 5.83. The summed E-state index contributed by atoms with van der Waals surface area (Å²) in [5, 5.41) is 16.7. The van der Waals surface area contributed by atoms with Gasteiger partial charge in [0.1, 0.15) is 6.04 Å². The number of carbonyl (C=O) groups excluding carboxylic acids is 2. The molecule has 0 aromatic rings. The van der Waals surface area contributed by atoms with E-state index in [0.717, 1.165) is 12.8 Å². The van der Waals surface area contributed by atoms with Gasteiger partial charge in [0.05, 0.1) is 0 Å². The molecular formula is C13H23N3O4. The minimum absolute atomic E-state index is 0.0188. The van der Waals surface area contributed by atoms with Gasteiger partial charge in [-0.1, -0.05) is 20.8 Å². The Morgan fingerprint density at radius 1 is 1.15 bits per heavy atom. The Morgan fingerprint density at radius 3 is 2.15 bits per heavy atom. The Kier molecular flexibility index (Phi) is 5.35. The van der Waals surface area contributed by atoms with Gasteiger partial charge in [-0.15, -0.1) is 0 Å². The van der Waals surface area contributed by atoms with E-state index in [9.17, 15) is 14.4 Å². The van der Waals surface area contributed by atoms with Crippen LogP contribution in [0.25, 0.3) is 0 Å². The Labute approximate surface area is 118 Å². The molecule has 7 heteroatoms. The second-order valence-electron chi connectivity index (χ2n) is 6.10. The van der Waals surface area contributed by atoms with Crippen molar-refractivity contribution in [2.75, 3.05) is 13.1 Å². The summed E-state index contributed by atoms with van der Waals surface area (Å²) in [6.45, 7) is 5.82. The molecule has 0 bridgehead atoms. The highest BCUT2D eigenvalue weighted by Gasteiger charge is 2.32. The summed E-state index contributed by atoms with van der Waals surface area (Å²) in [5.74, 6) is -0.916. The van der Waals surface area contributed by atoms with Crippen molar-refractivity contribution in [3.05, 3.63) is 0 Å². The maximum absolute atomic E-state index is 11.6. The van der Waals surface area contributed by atoms with Gasteiger partial charge in [-0.2, -0.15) is 0 Å². The molecule has 7 nitrogen and oxygen atoms in total. The van der Waals surface area contributed by atoms with Gasteiger partial charge >= 0.3 is 12.0 Å². The van der Waals surface area contributed by atoms with Crippen LogP contribution in [0.1, 0.15) is 33.6 Å². The van der Waals surface area contributed by atoms with Gasteiger partial charge in [0.25, 0.3) is 0 Å². The predicted octanol–water partition coefficient (Wildman–Crippen LogP) is 0.311. The van der Waals surface area contributed by atoms with Crippen molar-refractivity contribution < 1.29 is 19.5 Å². The Bertz CT molecular complexity index is 386. The monoisotopic (exact) mass is 285 g/mol. The van der Waals surface area contributed by atoms with Gasteiger partial charge in [-0.05, 0) is 18.3 Å². The molecule has 4 N–H and O–H groups in total. The minimum Gasteiger partial charge on any atom is -0.480 e. The first-order valence-corrected chi connectivity index (χ1v) is 6.76. The molecule has 1 fully saturated rings. The normalized spacial score (nSPS) is 16.1. The summed E-state index contributed by atoms with van der Waals surface area (Å²) in [4.78, 5) is 34.0.